The maximum atomic E-state index is 11.0. The Hall–Kier alpha value is 0.01000. The topological polar surface area (TPSA) is 63.6 Å². The molecule has 0 fully saturated rings. The SMILES string of the molecule is O=S(=O)(O)OSC(F)(F)F. The van der Waals surface area contributed by atoms with Crippen molar-refractivity contribution < 1.29 is 29.8 Å². The molecule has 1 N–H and O–H groups in total. The third-order valence-corrected chi connectivity index (χ3v) is 1.36. The van der Waals surface area contributed by atoms with Gasteiger partial charge in [0.2, 0.25) is 0 Å². The molecule has 0 aliphatic rings. The van der Waals surface area contributed by atoms with Crippen LogP contribution in [0.2, 0.25) is 0 Å². The van der Waals surface area contributed by atoms with Crippen LogP contribution in [0, 0.1) is 0 Å². The van der Waals surface area contributed by atoms with E-state index >= 15 is 0 Å². The highest BCUT2D eigenvalue weighted by molar-refractivity contribution is 8.03. The molecule has 0 spiro atoms. The van der Waals surface area contributed by atoms with Gasteiger partial charge < -0.3 is 0 Å². The van der Waals surface area contributed by atoms with Crippen molar-refractivity contribution in [3.63, 3.8) is 0 Å². The van der Waals surface area contributed by atoms with E-state index in [-0.39, 0.29) is 0 Å². The van der Waals surface area contributed by atoms with E-state index in [2.05, 4.69) is 3.63 Å². The lowest BCUT2D eigenvalue weighted by Crippen LogP contribution is -2.05. The molecule has 0 saturated carbocycles. The molecule has 0 aliphatic heterocycles. The molecular formula is CHF3O4S2. The van der Waals surface area contributed by atoms with Gasteiger partial charge in [-0.05, 0) is 0 Å². The zero-order valence-corrected chi connectivity index (χ0v) is 5.76. The van der Waals surface area contributed by atoms with Crippen LogP contribution in [-0.2, 0) is 14.0 Å². The minimum absolute atomic E-state index is 1.30. The van der Waals surface area contributed by atoms with Gasteiger partial charge in [0.05, 0.1) is 0 Å². The Labute approximate surface area is 58.5 Å². The average molecular weight is 198 g/mol. The molecule has 0 aliphatic carbocycles. The van der Waals surface area contributed by atoms with Crippen LogP contribution in [0.5, 0.6) is 0 Å². The van der Waals surface area contributed by atoms with Gasteiger partial charge in [-0.2, -0.15) is 25.2 Å². The molecule has 4 nitrogen and oxygen atoms in total. The number of hydrogen-bond donors (Lipinski definition) is 1. The highest BCUT2D eigenvalue weighted by Gasteiger charge is 2.32. The highest BCUT2D eigenvalue weighted by atomic mass is 32.3. The number of rotatable bonds is 2. The molecule has 0 amide bonds. The van der Waals surface area contributed by atoms with Gasteiger partial charge in [-0.1, -0.05) is 0 Å². The molecule has 62 valence electrons. The molecule has 0 rings (SSSR count). The molecular weight excluding hydrogens is 197 g/mol. The van der Waals surface area contributed by atoms with Crippen LogP contribution in [-0.4, -0.2) is 18.5 Å². The fourth-order valence-corrected chi connectivity index (χ4v) is 0.734. The Balaban J connectivity index is 3.79. The zero-order chi connectivity index (χ0) is 8.41. The van der Waals surface area contributed by atoms with Gasteiger partial charge in [-0.15, -0.1) is 0 Å². The molecule has 9 heteroatoms. The average Bonchev–Trinajstić information content (AvgIpc) is 1.57. The van der Waals surface area contributed by atoms with Crippen molar-refractivity contribution in [2.45, 2.75) is 5.51 Å². The van der Waals surface area contributed by atoms with E-state index in [1.165, 1.54) is 0 Å². The Kier molecular flexibility index (Phi) is 2.95. The normalized spacial score (nSPS) is 13.6. The lowest BCUT2D eigenvalue weighted by molar-refractivity contribution is -0.0371. The lowest BCUT2D eigenvalue weighted by atomic mass is 11.6. The smallest absolute Gasteiger partial charge is 0.263 e. The van der Waals surface area contributed by atoms with E-state index in [0.717, 1.165) is 0 Å². The van der Waals surface area contributed by atoms with E-state index < -0.39 is 28.0 Å². The highest BCUT2D eigenvalue weighted by Crippen LogP contribution is 2.31. The monoisotopic (exact) mass is 198 g/mol. The second kappa shape index (κ2) is 2.95. The summed E-state index contributed by atoms with van der Waals surface area (Å²) in [6.45, 7) is 0. The van der Waals surface area contributed by atoms with Crippen LogP contribution in [0.4, 0.5) is 13.2 Å². The fraction of sp³-hybridized carbons (Fsp3) is 1.00. The van der Waals surface area contributed by atoms with Crippen LogP contribution < -0.4 is 0 Å². The Morgan fingerprint density at radius 1 is 1.40 bits per heavy atom. The Bertz CT molecular complexity index is 191. The molecule has 10 heavy (non-hydrogen) atoms. The summed E-state index contributed by atoms with van der Waals surface area (Å²) in [5.41, 5.74) is -4.84. The molecule has 0 unspecified atom stereocenters. The van der Waals surface area contributed by atoms with Crippen molar-refractivity contribution in [3.05, 3.63) is 0 Å². The van der Waals surface area contributed by atoms with Gasteiger partial charge in [-0.25, -0.2) is 0 Å². The van der Waals surface area contributed by atoms with Crippen LogP contribution >= 0.6 is 12.0 Å². The van der Waals surface area contributed by atoms with Gasteiger partial charge in [0, 0.05) is 0 Å². The van der Waals surface area contributed by atoms with Crippen molar-refractivity contribution in [3.8, 4) is 0 Å². The standard InChI is InChI=1S/CHF3O4S2/c2-1(3,4)9-8-10(5,6)7/h(H,5,6,7). The predicted octanol–water partition coefficient (Wildman–Crippen LogP) is 0.974. The molecule has 0 radical (unpaired) electrons. The first-order valence-corrected chi connectivity index (χ1v) is 3.73. The second-order valence-corrected chi connectivity index (χ2v) is 3.05. The summed E-state index contributed by atoms with van der Waals surface area (Å²) in [6.07, 6.45) is 0. The van der Waals surface area contributed by atoms with Crippen molar-refractivity contribution in [1.82, 2.24) is 0 Å². The van der Waals surface area contributed by atoms with Gasteiger partial charge in [0.25, 0.3) is 0 Å². The third kappa shape index (κ3) is 8.01. The fourth-order valence-electron chi connectivity index (χ4n) is 0.0816. The lowest BCUT2D eigenvalue weighted by Gasteiger charge is -2.00. The Morgan fingerprint density at radius 2 is 1.80 bits per heavy atom. The first kappa shape index (κ1) is 10.0. The molecule has 0 atom stereocenters. The van der Waals surface area contributed by atoms with E-state index in [9.17, 15) is 21.6 Å². The largest absolute Gasteiger partial charge is 0.469 e. The van der Waals surface area contributed by atoms with Crippen LogP contribution in [0.25, 0.3) is 0 Å². The summed E-state index contributed by atoms with van der Waals surface area (Å²) in [4.78, 5) is 0. The van der Waals surface area contributed by atoms with Crippen LogP contribution in [0.15, 0.2) is 0 Å². The number of alkyl halides is 3. The molecule has 0 bridgehead atoms. The van der Waals surface area contributed by atoms with E-state index in [1.54, 1.807) is 0 Å². The van der Waals surface area contributed by atoms with Gasteiger partial charge in [0.1, 0.15) is 12.0 Å². The van der Waals surface area contributed by atoms with E-state index in [0.29, 0.717) is 0 Å². The van der Waals surface area contributed by atoms with Crippen molar-refractivity contribution >= 4 is 22.4 Å². The maximum absolute atomic E-state index is 11.0. The summed E-state index contributed by atoms with van der Waals surface area (Å²) in [6, 6.07) is 0. The van der Waals surface area contributed by atoms with E-state index in [4.69, 9.17) is 4.55 Å². The zero-order valence-electron chi connectivity index (χ0n) is 4.12. The minimum Gasteiger partial charge on any atom is -0.263 e. The van der Waals surface area contributed by atoms with Crippen molar-refractivity contribution in [2.75, 3.05) is 0 Å². The third-order valence-electron chi connectivity index (χ3n) is 0.214. The number of hydrogen-bond acceptors (Lipinski definition) is 4. The summed E-state index contributed by atoms with van der Waals surface area (Å²) in [5.74, 6) is 0. The number of halogens is 3. The summed E-state index contributed by atoms with van der Waals surface area (Å²) in [5, 5.41) is 0. The minimum atomic E-state index is -5.01. The van der Waals surface area contributed by atoms with Crippen molar-refractivity contribution in [1.29, 1.82) is 0 Å². The summed E-state index contributed by atoms with van der Waals surface area (Å²) < 4.78 is 62.6. The van der Waals surface area contributed by atoms with Crippen molar-refractivity contribution in [2.24, 2.45) is 0 Å². The van der Waals surface area contributed by atoms with Gasteiger partial charge in [-0.3, -0.25) is 4.55 Å². The van der Waals surface area contributed by atoms with Crippen LogP contribution in [0.1, 0.15) is 0 Å². The van der Waals surface area contributed by atoms with Gasteiger partial charge >= 0.3 is 15.9 Å². The Morgan fingerprint density at radius 3 is 1.90 bits per heavy atom. The quantitative estimate of drug-likeness (QED) is 0.529. The molecule has 0 heterocycles. The van der Waals surface area contributed by atoms with E-state index in [1.807, 2.05) is 0 Å². The first-order chi connectivity index (χ1) is 4.21. The molecule has 0 saturated heterocycles. The van der Waals surface area contributed by atoms with Gasteiger partial charge in [0.15, 0.2) is 0 Å². The summed E-state index contributed by atoms with van der Waals surface area (Å²) in [7, 11) is -5.01. The molecule has 0 aromatic rings. The molecule has 0 aromatic carbocycles. The van der Waals surface area contributed by atoms with Crippen LogP contribution in [0.3, 0.4) is 0 Å². The maximum Gasteiger partial charge on any atom is 0.469 e. The first-order valence-electron chi connectivity index (χ1n) is 1.62. The second-order valence-electron chi connectivity index (χ2n) is 1.02. The predicted molar refractivity (Wildman–Crippen MR) is 26.3 cm³/mol. The summed E-state index contributed by atoms with van der Waals surface area (Å²) >= 11 is -1.30. The molecule has 0 aromatic heterocycles.